The number of benzene rings is 1. The number of hydrogen-bond acceptors (Lipinski definition) is 4. The molecule has 120 valence electrons. The maximum absolute atomic E-state index is 12.4. The normalized spacial score (nSPS) is 10.3. The van der Waals surface area contributed by atoms with E-state index in [-0.39, 0.29) is 23.6 Å². The van der Waals surface area contributed by atoms with Crippen molar-refractivity contribution in [1.29, 1.82) is 0 Å². The van der Waals surface area contributed by atoms with E-state index in [1.165, 1.54) is 13.0 Å². The molecule has 0 atom stereocenters. The first kappa shape index (κ1) is 16.3. The third-order valence-electron chi connectivity index (χ3n) is 3.21. The summed E-state index contributed by atoms with van der Waals surface area (Å²) in [6.45, 7) is 0.913. The summed E-state index contributed by atoms with van der Waals surface area (Å²) >= 11 is 0. The Hall–Kier alpha value is -3.09. The van der Waals surface area contributed by atoms with Crippen LogP contribution in [0.5, 0.6) is 5.75 Å². The van der Waals surface area contributed by atoms with Gasteiger partial charge in [-0.3, -0.25) is 14.2 Å². The minimum atomic E-state index is -1.31. The molecule has 0 radical (unpaired) electrons. The van der Waals surface area contributed by atoms with Gasteiger partial charge in [0.15, 0.2) is 5.75 Å². The third-order valence-corrected chi connectivity index (χ3v) is 3.21. The molecule has 0 saturated carbocycles. The number of nitrogens with zero attached hydrogens (tertiary/aromatic N) is 1. The molecule has 1 aromatic carbocycles. The van der Waals surface area contributed by atoms with Crippen molar-refractivity contribution in [3.63, 3.8) is 0 Å². The highest BCUT2D eigenvalue weighted by molar-refractivity contribution is 5.90. The second-order valence-electron chi connectivity index (χ2n) is 4.89. The molecule has 0 aliphatic heterocycles. The molecule has 0 unspecified atom stereocenters. The van der Waals surface area contributed by atoms with Crippen LogP contribution in [0.15, 0.2) is 41.2 Å². The summed E-state index contributed by atoms with van der Waals surface area (Å²) in [4.78, 5) is 34.6. The Labute approximate surface area is 131 Å². The molecule has 7 nitrogen and oxygen atoms in total. The highest BCUT2D eigenvalue weighted by Crippen LogP contribution is 2.17. The first-order chi connectivity index (χ1) is 10.9. The molecule has 7 heteroatoms. The van der Waals surface area contributed by atoms with Crippen molar-refractivity contribution in [3.8, 4) is 5.75 Å². The number of carbonyl (C=O) groups is 2. The van der Waals surface area contributed by atoms with Crippen molar-refractivity contribution in [3.05, 3.63) is 63.6 Å². The zero-order valence-electron chi connectivity index (χ0n) is 12.4. The second-order valence-corrected chi connectivity index (χ2v) is 4.89. The lowest BCUT2D eigenvalue weighted by molar-refractivity contribution is -0.137. The van der Waals surface area contributed by atoms with Gasteiger partial charge in [-0.05, 0) is 18.6 Å². The Kier molecular flexibility index (Phi) is 4.80. The van der Waals surface area contributed by atoms with Gasteiger partial charge in [-0.1, -0.05) is 30.3 Å². The van der Waals surface area contributed by atoms with E-state index in [4.69, 9.17) is 9.84 Å². The fourth-order valence-electron chi connectivity index (χ4n) is 2.11. The number of aliphatic carboxylic acids is 1. The van der Waals surface area contributed by atoms with Crippen LogP contribution in [-0.4, -0.2) is 26.7 Å². The van der Waals surface area contributed by atoms with Crippen LogP contribution in [0.25, 0.3) is 0 Å². The van der Waals surface area contributed by atoms with E-state index in [0.29, 0.717) is 0 Å². The highest BCUT2D eigenvalue weighted by Gasteiger charge is 2.20. The van der Waals surface area contributed by atoms with Gasteiger partial charge in [0, 0.05) is 5.69 Å². The largest absolute Gasteiger partial charge is 0.482 e. The summed E-state index contributed by atoms with van der Waals surface area (Å²) in [5.74, 6) is -2.88. The Bertz CT molecular complexity index is 794. The summed E-state index contributed by atoms with van der Waals surface area (Å²) < 4.78 is 6.35. The maximum atomic E-state index is 12.4. The molecule has 23 heavy (non-hydrogen) atoms. The fraction of sp³-hybridized carbons (Fsp3) is 0.188. The molecule has 1 heterocycles. The first-order valence-electron chi connectivity index (χ1n) is 6.76. The number of carboxylic acid groups (broad SMARTS) is 2. The minimum Gasteiger partial charge on any atom is -0.482 e. The van der Waals surface area contributed by atoms with Gasteiger partial charge in [0.2, 0.25) is 0 Å². The van der Waals surface area contributed by atoms with Gasteiger partial charge < -0.3 is 14.9 Å². The standard InChI is InChI=1S/C16H15NO6/c1-10-7-12(16(21)22)14(15(20)17(10)8-13(18)19)23-9-11-5-3-2-4-6-11/h2-7H,8-9H2,1H3,(H,18,19)(H,21,22). The van der Waals surface area contributed by atoms with Crippen LogP contribution in [0.2, 0.25) is 0 Å². The van der Waals surface area contributed by atoms with Crippen LogP contribution in [0.3, 0.4) is 0 Å². The molecule has 0 saturated heterocycles. The van der Waals surface area contributed by atoms with E-state index in [1.807, 2.05) is 6.07 Å². The number of ether oxygens (including phenoxy) is 1. The molecule has 0 amide bonds. The van der Waals surface area contributed by atoms with Crippen LogP contribution in [0, 0.1) is 6.92 Å². The summed E-state index contributed by atoms with van der Waals surface area (Å²) in [6.07, 6.45) is 0. The molecular weight excluding hydrogens is 302 g/mol. The molecule has 1 aromatic heterocycles. The van der Waals surface area contributed by atoms with Crippen LogP contribution in [0.4, 0.5) is 0 Å². The number of aryl methyl sites for hydroxylation is 1. The Morgan fingerprint density at radius 3 is 2.39 bits per heavy atom. The molecule has 0 spiro atoms. The molecule has 2 N–H and O–H groups in total. The van der Waals surface area contributed by atoms with Crippen LogP contribution >= 0.6 is 0 Å². The summed E-state index contributed by atoms with van der Waals surface area (Å²) in [7, 11) is 0. The third kappa shape index (κ3) is 3.76. The molecular formula is C16H15NO6. The van der Waals surface area contributed by atoms with Crippen molar-refractivity contribution >= 4 is 11.9 Å². The minimum absolute atomic E-state index is 0.00644. The number of hydrogen-bond donors (Lipinski definition) is 2. The van der Waals surface area contributed by atoms with Crippen molar-refractivity contribution < 1.29 is 24.5 Å². The average molecular weight is 317 g/mol. The maximum Gasteiger partial charge on any atom is 0.339 e. The quantitative estimate of drug-likeness (QED) is 0.836. The van der Waals surface area contributed by atoms with Gasteiger partial charge in [-0.2, -0.15) is 0 Å². The van der Waals surface area contributed by atoms with Crippen molar-refractivity contribution in [2.24, 2.45) is 0 Å². The summed E-state index contributed by atoms with van der Waals surface area (Å²) in [5.41, 5.74) is -0.0683. The van der Waals surface area contributed by atoms with Crippen molar-refractivity contribution in [2.45, 2.75) is 20.1 Å². The summed E-state index contributed by atoms with van der Waals surface area (Å²) in [5, 5.41) is 18.1. The molecule has 2 rings (SSSR count). The number of rotatable bonds is 6. The monoisotopic (exact) mass is 317 g/mol. The van der Waals surface area contributed by atoms with E-state index in [1.54, 1.807) is 24.3 Å². The van der Waals surface area contributed by atoms with E-state index in [9.17, 15) is 19.5 Å². The number of pyridine rings is 1. The molecule has 0 fully saturated rings. The summed E-state index contributed by atoms with van der Waals surface area (Å²) in [6, 6.07) is 10.2. The van der Waals surface area contributed by atoms with Gasteiger partial charge in [0.25, 0.3) is 5.56 Å². The SMILES string of the molecule is Cc1cc(C(=O)O)c(OCc2ccccc2)c(=O)n1CC(=O)O. The number of aromatic carboxylic acids is 1. The van der Waals surface area contributed by atoms with Gasteiger partial charge >= 0.3 is 11.9 Å². The lowest BCUT2D eigenvalue weighted by Gasteiger charge is -2.14. The molecule has 2 aromatic rings. The average Bonchev–Trinajstić information content (AvgIpc) is 2.50. The predicted molar refractivity (Wildman–Crippen MR) is 80.8 cm³/mol. The van der Waals surface area contributed by atoms with E-state index < -0.39 is 24.0 Å². The molecule has 0 bridgehead atoms. The number of aromatic nitrogens is 1. The Morgan fingerprint density at radius 1 is 1.17 bits per heavy atom. The van der Waals surface area contributed by atoms with Crippen molar-refractivity contribution in [1.82, 2.24) is 4.57 Å². The Balaban J connectivity index is 2.44. The fourth-order valence-corrected chi connectivity index (χ4v) is 2.11. The van der Waals surface area contributed by atoms with Gasteiger partial charge in [0.1, 0.15) is 18.7 Å². The molecule has 0 aliphatic rings. The Morgan fingerprint density at radius 2 is 1.83 bits per heavy atom. The second kappa shape index (κ2) is 6.78. The zero-order chi connectivity index (χ0) is 17.0. The molecule has 0 aliphatic carbocycles. The first-order valence-corrected chi connectivity index (χ1v) is 6.76. The topological polar surface area (TPSA) is 106 Å². The van der Waals surface area contributed by atoms with Crippen LogP contribution in [-0.2, 0) is 17.9 Å². The van der Waals surface area contributed by atoms with E-state index >= 15 is 0 Å². The van der Waals surface area contributed by atoms with Gasteiger partial charge in [0.05, 0.1) is 0 Å². The predicted octanol–water partition coefficient (Wildman–Crippen LogP) is 1.52. The van der Waals surface area contributed by atoms with Crippen molar-refractivity contribution in [2.75, 3.05) is 0 Å². The van der Waals surface area contributed by atoms with Crippen LogP contribution in [0.1, 0.15) is 21.6 Å². The van der Waals surface area contributed by atoms with Gasteiger partial charge in [-0.15, -0.1) is 0 Å². The van der Waals surface area contributed by atoms with Crippen LogP contribution < -0.4 is 10.3 Å². The van der Waals surface area contributed by atoms with Gasteiger partial charge in [-0.25, -0.2) is 4.79 Å². The zero-order valence-corrected chi connectivity index (χ0v) is 12.4. The highest BCUT2D eigenvalue weighted by atomic mass is 16.5. The number of carboxylic acids is 2. The lowest BCUT2D eigenvalue weighted by Crippen LogP contribution is -2.29. The van der Waals surface area contributed by atoms with E-state index in [2.05, 4.69) is 0 Å². The van der Waals surface area contributed by atoms with E-state index in [0.717, 1.165) is 10.1 Å². The smallest absolute Gasteiger partial charge is 0.339 e. The lowest BCUT2D eigenvalue weighted by atomic mass is 10.2.